The normalized spacial score (nSPS) is 19.9. The maximum Gasteiger partial charge on any atom is 0.416 e. The first-order valence-corrected chi connectivity index (χ1v) is 13.7. The summed E-state index contributed by atoms with van der Waals surface area (Å²) in [5, 5.41) is 1.70. The van der Waals surface area contributed by atoms with Crippen molar-refractivity contribution in [3.63, 3.8) is 0 Å². The summed E-state index contributed by atoms with van der Waals surface area (Å²) in [6.45, 7) is 5.30. The number of aromatic amines is 1. The Labute approximate surface area is 236 Å². The van der Waals surface area contributed by atoms with Gasteiger partial charge in [-0.2, -0.15) is 0 Å². The fraction of sp³-hybridized carbons (Fsp3) is 0.323. The van der Waals surface area contributed by atoms with E-state index in [2.05, 4.69) is 4.98 Å². The molecule has 0 bridgehead atoms. The molecule has 2 unspecified atom stereocenters. The number of fused-ring (bicyclic) bond motifs is 3. The molecule has 1 N–H and O–H groups in total. The molecule has 3 heterocycles. The Morgan fingerprint density at radius 2 is 1.85 bits per heavy atom. The van der Waals surface area contributed by atoms with Crippen LogP contribution >= 0.6 is 11.6 Å². The van der Waals surface area contributed by atoms with E-state index in [1.54, 1.807) is 4.90 Å². The Morgan fingerprint density at radius 3 is 2.58 bits per heavy atom. The van der Waals surface area contributed by atoms with Crippen molar-refractivity contribution in [3.05, 3.63) is 94.4 Å². The molecule has 40 heavy (non-hydrogen) atoms. The molecule has 0 radical (unpaired) electrons. The maximum absolute atomic E-state index is 13.4. The van der Waals surface area contributed by atoms with Crippen LogP contribution in [0, 0.1) is 5.82 Å². The lowest BCUT2D eigenvalue weighted by atomic mass is 9.92. The molecule has 7 nitrogen and oxygen atoms in total. The van der Waals surface area contributed by atoms with E-state index < -0.39 is 23.7 Å². The summed E-state index contributed by atoms with van der Waals surface area (Å²) in [5.74, 6) is 0.0558. The van der Waals surface area contributed by atoms with Crippen molar-refractivity contribution in [1.82, 2.24) is 9.88 Å². The molecular weight excluding hydrogens is 535 g/mol. The molecule has 1 fully saturated rings. The number of benzene rings is 3. The van der Waals surface area contributed by atoms with Crippen LogP contribution in [0.4, 0.5) is 9.18 Å². The standard InChI is InChI=1S/C31H30ClFN2O5/c1-31(2)38-18-24(40-31)14-16-37-22-8-3-19(4-9-22)29-28-25(26-17-20(32)5-12-27(26)34-28)13-15-35(29)30(36)39-23-10-6-21(33)7-11-23/h3-12,17,24,29,34H,13-16,18H2,1-2H3. The third-order valence-corrected chi connectivity index (χ3v) is 7.55. The number of rotatable bonds is 6. The maximum atomic E-state index is 13.4. The van der Waals surface area contributed by atoms with Gasteiger partial charge in [-0.1, -0.05) is 23.7 Å². The van der Waals surface area contributed by atoms with Gasteiger partial charge in [-0.25, -0.2) is 9.18 Å². The summed E-state index contributed by atoms with van der Waals surface area (Å²) < 4.78 is 36.5. The van der Waals surface area contributed by atoms with Crippen molar-refractivity contribution < 1.29 is 28.1 Å². The molecule has 0 spiro atoms. The highest BCUT2D eigenvalue weighted by Crippen LogP contribution is 2.40. The van der Waals surface area contributed by atoms with E-state index in [0.29, 0.717) is 31.2 Å². The van der Waals surface area contributed by atoms with E-state index in [1.165, 1.54) is 24.3 Å². The number of carbonyl (C=O) groups is 1. The van der Waals surface area contributed by atoms with Gasteiger partial charge in [0, 0.05) is 34.6 Å². The molecule has 2 aliphatic rings. The number of H-pyrrole nitrogens is 1. The Balaban J connectivity index is 1.25. The third-order valence-electron chi connectivity index (χ3n) is 7.31. The molecular formula is C31H30ClFN2O5. The Kier molecular flexibility index (Phi) is 7.16. The second kappa shape index (κ2) is 10.8. The van der Waals surface area contributed by atoms with E-state index >= 15 is 0 Å². The summed E-state index contributed by atoms with van der Waals surface area (Å²) in [7, 11) is 0. The predicted octanol–water partition coefficient (Wildman–Crippen LogP) is 7.03. The fourth-order valence-corrected chi connectivity index (χ4v) is 5.60. The van der Waals surface area contributed by atoms with E-state index in [0.717, 1.165) is 39.9 Å². The van der Waals surface area contributed by atoms with Crippen LogP contribution in [-0.2, 0) is 15.9 Å². The van der Waals surface area contributed by atoms with E-state index in [1.807, 2.05) is 56.3 Å². The fourth-order valence-electron chi connectivity index (χ4n) is 5.43. The highest BCUT2D eigenvalue weighted by molar-refractivity contribution is 6.31. The van der Waals surface area contributed by atoms with Crippen LogP contribution in [0.5, 0.6) is 11.5 Å². The van der Waals surface area contributed by atoms with Crippen molar-refractivity contribution in [2.24, 2.45) is 0 Å². The summed E-state index contributed by atoms with van der Waals surface area (Å²) in [6.07, 6.45) is 0.847. The molecule has 9 heteroatoms. The first-order valence-electron chi connectivity index (χ1n) is 13.3. The topological polar surface area (TPSA) is 73.0 Å². The highest BCUT2D eigenvalue weighted by Gasteiger charge is 2.36. The molecule has 0 aliphatic carbocycles. The number of nitrogens with one attached hydrogen (secondary N) is 1. The molecule has 3 aromatic carbocycles. The number of amides is 1. The van der Waals surface area contributed by atoms with Crippen LogP contribution in [0.2, 0.25) is 5.02 Å². The molecule has 1 saturated heterocycles. The quantitative estimate of drug-likeness (QED) is 0.272. The molecule has 2 atom stereocenters. The summed E-state index contributed by atoms with van der Waals surface area (Å²) >= 11 is 6.31. The van der Waals surface area contributed by atoms with Gasteiger partial charge in [-0.15, -0.1) is 0 Å². The Hall–Kier alpha value is -3.59. The van der Waals surface area contributed by atoms with Gasteiger partial charge in [0.25, 0.3) is 0 Å². The van der Waals surface area contributed by atoms with Gasteiger partial charge in [0.05, 0.1) is 19.3 Å². The van der Waals surface area contributed by atoms with Gasteiger partial charge in [-0.05, 0) is 86.0 Å². The van der Waals surface area contributed by atoms with Crippen LogP contribution < -0.4 is 9.47 Å². The minimum atomic E-state index is -0.553. The number of nitrogens with zero attached hydrogens (tertiary/aromatic N) is 1. The second-order valence-electron chi connectivity index (χ2n) is 10.5. The van der Waals surface area contributed by atoms with Gasteiger partial charge in [0.15, 0.2) is 5.79 Å². The largest absolute Gasteiger partial charge is 0.493 e. The summed E-state index contributed by atoms with van der Waals surface area (Å²) in [6, 6.07) is 18.5. The average Bonchev–Trinajstić information content (AvgIpc) is 3.48. The van der Waals surface area contributed by atoms with Crippen molar-refractivity contribution in [2.75, 3.05) is 19.8 Å². The predicted molar refractivity (Wildman–Crippen MR) is 149 cm³/mol. The molecule has 2 aliphatic heterocycles. The molecule has 208 valence electrons. The van der Waals surface area contributed by atoms with Gasteiger partial charge >= 0.3 is 6.09 Å². The minimum Gasteiger partial charge on any atom is -0.493 e. The van der Waals surface area contributed by atoms with Crippen LogP contribution in [0.25, 0.3) is 10.9 Å². The number of ether oxygens (including phenoxy) is 4. The number of hydrogen-bond acceptors (Lipinski definition) is 5. The summed E-state index contributed by atoms with van der Waals surface area (Å²) in [5.41, 5.74) is 3.88. The van der Waals surface area contributed by atoms with Crippen molar-refractivity contribution >= 4 is 28.6 Å². The number of halogens is 2. The van der Waals surface area contributed by atoms with Gasteiger partial charge in [0.2, 0.25) is 0 Å². The number of carbonyl (C=O) groups excluding carboxylic acids is 1. The van der Waals surface area contributed by atoms with Crippen LogP contribution in [0.3, 0.4) is 0 Å². The third kappa shape index (κ3) is 5.52. The SMILES string of the molecule is CC1(C)OCC(CCOc2ccc(C3c4[nH]c5ccc(Cl)cc5c4CCN3C(=O)Oc3ccc(F)cc3)cc2)O1. The molecule has 0 saturated carbocycles. The lowest BCUT2D eigenvalue weighted by molar-refractivity contribution is -0.139. The Bertz CT molecular complexity index is 1520. The number of hydrogen-bond donors (Lipinski definition) is 1. The van der Waals surface area contributed by atoms with Crippen LogP contribution in [0.1, 0.15) is 43.1 Å². The minimum absolute atomic E-state index is 0.00567. The molecule has 1 aromatic heterocycles. The van der Waals surface area contributed by atoms with Crippen molar-refractivity contribution in [1.29, 1.82) is 0 Å². The first kappa shape index (κ1) is 26.6. The summed E-state index contributed by atoms with van der Waals surface area (Å²) in [4.78, 5) is 18.6. The monoisotopic (exact) mass is 564 g/mol. The lowest BCUT2D eigenvalue weighted by Gasteiger charge is -2.35. The van der Waals surface area contributed by atoms with Gasteiger partial charge in [0.1, 0.15) is 23.4 Å². The Morgan fingerprint density at radius 1 is 1.10 bits per heavy atom. The molecule has 6 rings (SSSR count). The van der Waals surface area contributed by atoms with Crippen LogP contribution in [0.15, 0.2) is 66.7 Å². The van der Waals surface area contributed by atoms with Crippen molar-refractivity contribution in [2.45, 2.75) is 44.6 Å². The lowest BCUT2D eigenvalue weighted by Crippen LogP contribution is -2.42. The van der Waals surface area contributed by atoms with E-state index in [-0.39, 0.29) is 11.9 Å². The highest BCUT2D eigenvalue weighted by atomic mass is 35.5. The average molecular weight is 565 g/mol. The van der Waals surface area contributed by atoms with Crippen molar-refractivity contribution in [3.8, 4) is 11.5 Å². The zero-order valence-corrected chi connectivity index (χ0v) is 23.0. The molecule has 4 aromatic rings. The number of aromatic nitrogens is 1. The second-order valence-corrected chi connectivity index (χ2v) is 11.0. The van der Waals surface area contributed by atoms with Gasteiger partial charge in [-0.3, -0.25) is 4.90 Å². The zero-order valence-electron chi connectivity index (χ0n) is 22.3. The van der Waals surface area contributed by atoms with Gasteiger partial charge < -0.3 is 23.9 Å². The van der Waals surface area contributed by atoms with E-state index in [9.17, 15) is 9.18 Å². The zero-order chi connectivity index (χ0) is 27.9. The van der Waals surface area contributed by atoms with Crippen LogP contribution in [-0.4, -0.2) is 47.6 Å². The smallest absolute Gasteiger partial charge is 0.416 e. The van der Waals surface area contributed by atoms with E-state index in [4.69, 9.17) is 30.5 Å². The molecule has 1 amide bonds. The first-order chi connectivity index (χ1) is 19.3.